The van der Waals surface area contributed by atoms with Gasteiger partial charge in [-0.25, -0.2) is 4.68 Å². The molecule has 1 aromatic heterocycles. The largest absolute Gasteiger partial charge is 0.328 e. The maximum absolute atomic E-state index is 10.8. The first-order valence-electron chi connectivity index (χ1n) is 5.50. The van der Waals surface area contributed by atoms with E-state index in [-0.39, 0.29) is 16.9 Å². The predicted octanol–water partition coefficient (Wildman–Crippen LogP) is 3.26. The van der Waals surface area contributed by atoms with E-state index < -0.39 is 4.92 Å². The fourth-order valence-electron chi connectivity index (χ4n) is 2.29. The lowest BCUT2D eigenvalue weighted by Gasteiger charge is -2.22. The molecule has 0 N–H and O–H groups in total. The van der Waals surface area contributed by atoms with Gasteiger partial charge in [0, 0.05) is 0 Å². The van der Waals surface area contributed by atoms with Crippen LogP contribution in [0, 0.1) is 17.0 Å². The quantitative estimate of drug-likeness (QED) is 0.592. The van der Waals surface area contributed by atoms with Gasteiger partial charge in [-0.1, -0.05) is 30.9 Å². The van der Waals surface area contributed by atoms with Gasteiger partial charge in [0.15, 0.2) is 0 Å². The summed E-state index contributed by atoms with van der Waals surface area (Å²) in [5.41, 5.74) is 0.354. The highest BCUT2D eigenvalue weighted by atomic mass is 35.5. The van der Waals surface area contributed by atoms with Crippen LogP contribution in [0.15, 0.2) is 0 Å². The Kier molecular flexibility index (Phi) is 3.14. The van der Waals surface area contributed by atoms with Crippen molar-refractivity contribution < 1.29 is 4.92 Å². The standard InChI is InChI=1S/C10H14ClN3O2/c1-7-9(14(15)16)10(11)13(12-7)8-5-3-2-4-6-8/h8H,2-6H2,1H3. The molecule has 0 aliphatic heterocycles. The number of aromatic nitrogens is 2. The number of hydrogen-bond acceptors (Lipinski definition) is 3. The van der Waals surface area contributed by atoms with Crippen LogP contribution in [0.25, 0.3) is 0 Å². The zero-order valence-electron chi connectivity index (χ0n) is 9.15. The lowest BCUT2D eigenvalue weighted by molar-refractivity contribution is -0.385. The average Bonchev–Trinajstić information content (AvgIpc) is 2.55. The second kappa shape index (κ2) is 4.41. The molecule has 88 valence electrons. The van der Waals surface area contributed by atoms with Gasteiger partial charge in [0.2, 0.25) is 5.15 Å². The van der Waals surface area contributed by atoms with Crippen LogP contribution in [0.2, 0.25) is 5.15 Å². The monoisotopic (exact) mass is 243 g/mol. The second-order valence-electron chi connectivity index (χ2n) is 4.22. The van der Waals surface area contributed by atoms with Crippen LogP contribution in [0.5, 0.6) is 0 Å². The minimum atomic E-state index is -0.454. The van der Waals surface area contributed by atoms with Gasteiger partial charge in [-0.15, -0.1) is 0 Å². The van der Waals surface area contributed by atoms with Crippen molar-refractivity contribution in [3.8, 4) is 0 Å². The van der Waals surface area contributed by atoms with E-state index in [1.54, 1.807) is 11.6 Å². The minimum absolute atomic E-state index is 0.0489. The van der Waals surface area contributed by atoms with Crippen molar-refractivity contribution in [3.05, 3.63) is 21.0 Å². The molecule has 0 radical (unpaired) electrons. The van der Waals surface area contributed by atoms with Gasteiger partial charge in [-0.3, -0.25) is 10.1 Å². The zero-order valence-corrected chi connectivity index (χ0v) is 9.90. The summed E-state index contributed by atoms with van der Waals surface area (Å²) in [5.74, 6) is 0. The topological polar surface area (TPSA) is 61.0 Å². The first-order valence-corrected chi connectivity index (χ1v) is 5.88. The molecule has 6 heteroatoms. The summed E-state index contributed by atoms with van der Waals surface area (Å²) < 4.78 is 1.63. The average molecular weight is 244 g/mol. The van der Waals surface area contributed by atoms with E-state index in [0.717, 1.165) is 25.7 Å². The Labute approximate surface area is 98.5 Å². The molecule has 5 nitrogen and oxygen atoms in total. The van der Waals surface area contributed by atoms with E-state index in [0.29, 0.717) is 5.69 Å². The van der Waals surface area contributed by atoms with E-state index in [2.05, 4.69) is 5.10 Å². The summed E-state index contributed by atoms with van der Waals surface area (Å²) in [6.07, 6.45) is 5.55. The summed E-state index contributed by atoms with van der Waals surface area (Å²) in [4.78, 5) is 10.4. The molecule has 0 saturated heterocycles. The zero-order chi connectivity index (χ0) is 11.7. The second-order valence-corrected chi connectivity index (χ2v) is 4.58. The summed E-state index contributed by atoms with van der Waals surface area (Å²) in [7, 11) is 0. The van der Waals surface area contributed by atoms with Crippen molar-refractivity contribution >= 4 is 17.3 Å². The summed E-state index contributed by atoms with van der Waals surface area (Å²) in [6.45, 7) is 1.63. The van der Waals surface area contributed by atoms with Crippen molar-refractivity contribution in [1.82, 2.24) is 9.78 Å². The highest BCUT2D eigenvalue weighted by Gasteiger charge is 2.28. The maximum atomic E-state index is 10.8. The molecular formula is C10H14ClN3O2. The Morgan fingerprint density at radius 1 is 1.44 bits per heavy atom. The van der Waals surface area contributed by atoms with Crippen molar-refractivity contribution in [2.45, 2.75) is 45.1 Å². The molecule has 2 rings (SSSR count). The molecule has 16 heavy (non-hydrogen) atoms. The molecular weight excluding hydrogens is 230 g/mol. The molecule has 1 aliphatic rings. The third kappa shape index (κ3) is 1.91. The highest BCUT2D eigenvalue weighted by molar-refractivity contribution is 6.31. The lowest BCUT2D eigenvalue weighted by Crippen LogP contribution is -2.14. The Balaban J connectivity index is 2.34. The molecule has 0 bridgehead atoms. The third-order valence-electron chi connectivity index (χ3n) is 3.10. The third-order valence-corrected chi connectivity index (χ3v) is 3.45. The van der Waals surface area contributed by atoms with E-state index >= 15 is 0 Å². The Bertz CT molecular complexity index is 410. The highest BCUT2D eigenvalue weighted by Crippen LogP contribution is 2.35. The molecule has 0 amide bonds. The molecule has 1 aromatic rings. The van der Waals surface area contributed by atoms with Crippen LogP contribution in [0.1, 0.15) is 43.8 Å². The van der Waals surface area contributed by atoms with Crippen LogP contribution in [-0.4, -0.2) is 14.7 Å². The van der Waals surface area contributed by atoms with Gasteiger partial charge in [-0.2, -0.15) is 5.10 Å². The van der Waals surface area contributed by atoms with Gasteiger partial charge in [-0.05, 0) is 19.8 Å². The van der Waals surface area contributed by atoms with Gasteiger partial charge in [0.05, 0.1) is 11.0 Å². The molecule has 1 aliphatic carbocycles. The van der Waals surface area contributed by atoms with Crippen LogP contribution >= 0.6 is 11.6 Å². The number of nitrogens with zero attached hydrogens (tertiary/aromatic N) is 3. The van der Waals surface area contributed by atoms with Gasteiger partial charge in [0.25, 0.3) is 0 Å². The number of rotatable bonds is 2. The molecule has 0 spiro atoms. The first kappa shape index (κ1) is 11.4. The Hall–Kier alpha value is -1.10. The van der Waals surface area contributed by atoms with Gasteiger partial charge in [0.1, 0.15) is 5.69 Å². The molecule has 1 saturated carbocycles. The van der Waals surface area contributed by atoms with Crippen molar-refractivity contribution in [3.63, 3.8) is 0 Å². The molecule has 1 fully saturated rings. The molecule has 0 atom stereocenters. The minimum Gasteiger partial charge on any atom is -0.258 e. The fourth-order valence-corrected chi connectivity index (χ4v) is 2.67. The van der Waals surface area contributed by atoms with Gasteiger partial charge >= 0.3 is 5.69 Å². The first-order chi connectivity index (χ1) is 7.61. The number of aryl methyl sites for hydroxylation is 1. The van der Waals surface area contributed by atoms with Crippen molar-refractivity contribution in [2.24, 2.45) is 0 Å². The van der Waals surface area contributed by atoms with Gasteiger partial charge < -0.3 is 0 Å². The Morgan fingerprint density at radius 3 is 2.56 bits per heavy atom. The predicted molar refractivity (Wildman–Crippen MR) is 60.8 cm³/mol. The molecule has 1 heterocycles. The number of hydrogen-bond donors (Lipinski definition) is 0. The van der Waals surface area contributed by atoms with Crippen LogP contribution in [0.3, 0.4) is 0 Å². The van der Waals surface area contributed by atoms with Crippen LogP contribution in [0.4, 0.5) is 5.69 Å². The lowest BCUT2D eigenvalue weighted by atomic mass is 9.96. The van der Waals surface area contributed by atoms with E-state index in [1.807, 2.05) is 0 Å². The van der Waals surface area contributed by atoms with Crippen LogP contribution < -0.4 is 0 Å². The number of nitro groups is 1. The van der Waals surface area contributed by atoms with Crippen LogP contribution in [-0.2, 0) is 0 Å². The van der Waals surface area contributed by atoms with Crippen molar-refractivity contribution in [1.29, 1.82) is 0 Å². The summed E-state index contributed by atoms with van der Waals surface area (Å²) in [6, 6.07) is 0.230. The van der Waals surface area contributed by atoms with E-state index in [4.69, 9.17) is 11.6 Å². The summed E-state index contributed by atoms with van der Waals surface area (Å²) >= 11 is 6.02. The molecule has 0 aromatic carbocycles. The van der Waals surface area contributed by atoms with E-state index in [9.17, 15) is 10.1 Å². The van der Waals surface area contributed by atoms with E-state index in [1.165, 1.54) is 6.42 Å². The maximum Gasteiger partial charge on any atom is 0.328 e. The SMILES string of the molecule is Cc1nn(C2CCCCC2)c(Cl)c1[N+](=O)[O-]. The summed E-state index contributed by atoms with van der Waals surface area (Å²) in [5, 5.41) is 15.2. The fraction of sp³-hybridized carbons (Fsp3) is 0.700. The number of halogens is 1. The Morgan fingerprint density at radius 2 is 2.06 bits per heavy atom. The normalized spacial score (nSPS) is 17.6. The smallest absolute Gasteiger partial charge is 0.258 e. The molecule has 0 unspecified atom stereocenters. The van der Waals surface area contributed by atoms with Crippen molar-refractivity contribution in [2.75, 3.05) is 0 Å².